The smallest absolute Gasteiger partial charge is 0.169 e. The molecule has 0 aliphatic carbocycles. The van der Waals surface area contributed by atoms with Crippen molar-refractivity contribution in [1.82, 2.24) is 15.1 Å². The number of nitriles is 2. The standard InChI is InChI=1S/C19H25N5OS/c20-12-16(13-21)19-22-6-9-24(19)10-11-26-15-18-5-4-17(25-18)14-23-7-2-1-3-8-23/h4-5,22H,1-3,6-11,14-15H2. The van der Waals surface area contributed by atoms with E-state index in [1.165, 1.54) is 32.4 Å². The van der Waals surface area contributed by atoms with Crippen LogP contribution in [0.25, 0.3) is 0 Å². The van der Waals surface area contributed by atoms with Gasteiger partial charge in [-0.25, -0.2) is 0 Å². The molecule has 0 atom stereocenters. The van der Waals surface area contributed by atoms with Crippen LogP contribution in [0, 0.1) is 22.7 Å². The molecule has 0 spiro atoms. The van der Waals surface area contributed by atoms with Crippen LogP contribution in [0.2, 0.25) is 0 Å². The third-order valence-electron chi connectivity index (χ3n) is 4.75. The Kier molecular flexibility index (Phi) is 6.88. The van der Waals surface area contributed by atoms with Gasteiger partial charge in [0, 0.05) is 25.4 Å². The van der Waals surface area contributed by atoms with Crippen LogP contribution in [0.1, 0.15) is 30.8 Å². The van der Waals surface area contributed by atoms with Crippen molar-refractivity contribution in [3.05, 3.63) is 35.0 Å². The molecule has 3 heterocycles. The molecule has 2 saturated heterocycles. The van der Waals surface area contributed by atoms with Crippen molar-refractivity contribution in [3.8, 4) is 12.1 Å². The lowest BCUT2D eigenvalue weighted by Crippen LogP contribution is -2.28. The maximum atomic E-state index is 9.03. The van der Waals surface area contributed by atoms with E-state index in [2.05, 4.69) is 27.2 Å². The Labute approximate surface area is 159 Å². The molecule has 0 unspecified atom stereocenters. The maximum absolute atomic E-state index is 9.03. The molecule has 1 aromatic rings. The van der Waals surface area contributed by atoms with Gasteiger partial charge < -0.3 is 14.6 Å². The van der Waals surface area contributed by atoms with Crippen molar-refractivity contribution >= 4 is 11.8 Å². The Morgan fingerprint density at radius 3 is 2.65 bits per heavy atom. The summed E-state index contributed by atoms with van der Waals surface area (Å²) in [7, 11) is 0. The second kappa shape index (κ2) is 9.56. The molecule has 0 radical (unpaired) electrons. The van der Waals surface area contributed by atoms with E-state index < -0.39 is 0 Å². The highest BCUT2D eigenvalue weighted by atomic mass is 32.2. The Morgan fingerprint density at radius 2 is 1.88 bits per heavy atom. The van der Waals surface area contributed by atoms with Crippen molar-refractivity contribution in [2.75, 3.05) is 38.5 Å². The average Bonchev–Trinajstić information content (AvgIpc) is 3.31. The van der Waals surface area contributed by atoms with E-state index in [9.17, 15) is 0 Å². The third-order valence-corrected chi connectivity index (χ3v) is 5.71. The molecule has 2 aliphatic heterocycles. The summed E-state index contributed by atoms with van der Waals surface area (Å²) in [6, 6.07) is 8.11. The van der Waals surface area contributed by atoms with Crippen LogP contribution >= 0.6 is 11.8 Å². The first-order valence-corrected chi connectivity index (χ1v) is 10.4. The number of rotatable bonds is 7. The molecule has 6 nitrogen and oxygen atoms in total. The third kappa shape index (κ3) is 4.97. The fourth-order valence-electron chi connectivity index (χ4n) is 3.40. The quantitative estimate of drug-likeness (QED) is 0.583. The van der Waals surface area contributed by atoms with E-state index in [-0.39, 0.29) is 5.57 Å². The van der Waals surface area contributed by atoms with Gasteiger partial charge in [-0.15, -0.1) is 0 Å². The molecule has 0 aromatic carbocycles. The molecule has 0 saturated carbocycles. The minimum Gasteiger partial charge on any atom is -0.464 e. The molecule has 7 heteroatoms. The van der Waals surface area contributed by atoms with Crippen LogP contribution in [-0.2, 0) is 12.3 Å². The SMILES string of the molecule is N#CC(C#N)=C1NCCN1CCSCc1ccc(CN2CCCCC2)o1. The highest BCUT2D eigenvalue weighted by molar-refractivity contribution is 7.98. The van der Waals surface area contributed by atoms with Gasteiger partial charge in [-0.3, -0.25) is 4.90 Å². The normalized spacial score (nSPS) is 17.6. The Morgan fingerprint density at radius 1 is 1.12 bits per heavy atom. The van der Waals surface area contributed by atoms with Crippen molar-refractivity contribution in [1.29, 1.82) is 10.5 Å². The van der Waals surface area contributed by atoms with Crippen LogP contribution in [-0.4, -0.2) is 48.3 Å². The summed E-state index contributed by atoms with van der Waals surface area (Å²) in [6.45, 7) is 5.72. The summed E-state index contributed by atoms with van der Waals surface area (Å²) >= 11 is 1.82. The number of likely N-dealkylation sites (tertiary alicyclic amines) is 1. The number of hydrogen-bond donors (Lipinski definition) is 1. The van der Waals surface area contributed by atoms with Crippen LogP contribution < -0.4 is 5.32 Å². The summed E-state index contributed by atoms with van der Waals surface area (Å²) in [5.74, 6) is 4.54. The number of thioether (sulfide) groups is 1. The molecule has 2 fully saturated rings. The first-order chi connectivity index (χ1) is 12.8. The number of furan rings is 1. The fourth-order valence-corrected chi connectivity index (χ4v) is 4.25. The van der Waals surface area contributed by atoms with Crippen LogP contribution in [0.4, 0.5) is 0 Å². The molecule has 3 rings (SSSR count). The first-order valence-electron chi connectivity index (χ1n) is 9.21. The Bertz CT molecular complexity index is 692. The zero-order valence-corrected chi connectivity index (χ0v) is 15.9. The highest BCUT2D eigenvalue weighted by Crippen LogP contribution is 2.20. The second-order valence-electron chi connectivity index (χ2n) is 6.62. The minimum atomic E-state index is 0.167. The lowest BCUT2D eigenvalue weighted by atomic mass is 10.1. The van der Waals surface area contributed by atoms with Gasteiger partial charge in [0.25, 0.3) is 0 Å². The van der Waals surface area contributed by atoms with E-state index in [0.29, 0.717) is 5.82 Å². The lowest BCUT2D eigenvalue weighted by molar-refractivity contribution is 0.204. The van der Waals surface area contributed by atoms with E-state index >= 15 is 0 Å². The number of piperidine rings is 1. The van der Waals surface area contributed by atoms with E-state index in [4.69, 9.17) is 14.9 Å². The molecular formula is C19H25N5OS. The summed E-state index contributed by atoms with van der Waals surface area (Å²) in [4.78, 5) is 4.55. The summed E-state index contributed by atoms with van der Waals surface area (Å²) in [5.41, 5.74) is 0.167. The first kappa shape index (κ1) is 18.7. The van der Waals surface area contributed by atoms with Gasteiger partial charge >= 0.3 is 0 Å². The number of nitrogens with zero attached hydrogens (tertiary/aromatic N) is 4. The zero-order valence-electron chi connectivity index (χ0n) is 15.0. The molecule has 1 N–H and O–H groups in total. The van der Waals surface area contributed by atoms with Crippen LogP contribution in [0.5, 0.6) is 0 Å². The van der Waals surface area contributed by atoms with Gasteiger partial charge in [-0.2, -0.15) is 22.3 Å². The van der Waals surface area contributed by atoms with Gasteiger partial charge in [0.05, 0.1) is 12.3 Å². The van der Waals surface area contributed by atoms with Crippen LogP contribution in [0.15, 0.2) is 27.9 Å². The van der Waals surface area contributed by atoms with Crippen molar-refractivity contribution in [2.45, 2.75) is 31.6 Å². The van der Waals surface area contributed by atoms with Crippen molar-refractivity contribution in [2.24, 2.45) is 0 Å². The predicted molar refractivity (Wildman–Crippen MR) is 102 cm³/mol. The summed E-state index contributed by atoms with van der Waals surface area (Å²) < 4.78 is 5.97. The van der Waals surface area contributed by atoms with Crippen molar-refractivity contribution < 1.29 is 4.42 Å². The zero-order chi connectivity index (χ0) is 18.2. The summed E-state index contributed by atoms with van der Waals surface area (Å²) in [6.07, 6.45) is 3.94. The number of hydrogen-bond acceptors (Lipinski definition) is 7. The van der Waals surface area contributed by atoms with E-state index in [1.807, 2.05) is 23.9 Å². The number of allylic oxidation sites excluding steroid dienone is 1. The van der Waals surface area contributed by atoms with Gasteiger partial charge in [-0.1, -0.05) is 6.42 Å². The molecular weight excluding hydrogens is 346 g/mol. The average molecular weight is 372 g/mol. The Balaban J connectivity index is 1.41. The molecule has 138 valence electrons. The monoisotopic (exact) mass is 371 g/mol. The molecule has 1 aromatic heterocycles. The van der Waals surface area contributed by atoms with E-state index in [0.717, 1.165) is 49.2 Å². The van der Waals surface area contributed by atoms with Crippen molar-refractivity contribution in [3.63, 3.8) is 0 Å². The van der Waals surface area contributed by atoms with Crippen LogP contribution in [0.3, 0.4) is 0 Å². The van der Waals surface area contributed by atoms with Gasteiger partial charge in [-0.05, 0) is 38.1 Å². The van der Waals surface area contributed by atoms with Gasteiger partial charge in [0.15, 0.2) is 5.57 Å². The highest BCUT2D eigenvalue weighted by Gasteiger charge is 2.20. The fraction of sp³-hybridized carbons (Fsp3) is 0.579. The van der Waals surface area contributed by atoms with E-state index in [1.54, 1.807) is 0 Å². The van der Waals surface area contributed by atoms with Gasteiger partial charge in [0.1, 0.15) is 29.5 Å². The minimum absolute atomic E-state index is 0.167. The molecule has 0 amide bonds. The molecule has 0 bridgehead atoms. The second-order valence-corrected chi connectivity index (χ2v) is 7.72. The topological polar surface area (TPSA) is 79.2 Å². The summed E-state index contributed by atoms with van der Waals surface area (Å²) in [5, 5.41) is 21.2. The molecule has 26 heavy (non-hydrogen) atoms. The predicted octanol–water partition coefficient (Wildman–Crippen LogP) is 2.66. The largest absolute Gasteiger partial charge is 0.464 e. The lowest BCUT2D eigenvalue weighted by Gasteiger charge is -2.25. The maximum Gasteiger partial charge on any atom is 0.169 e. The molecule has 2 aliphatic rings. The number of nitrogens with one attached hydrogen (secondary N) is 1. The van der Waals surface area contributed by atoms with Gasteiger partial charge in [0.2, 0.25) is 0 Å². The Hall–Kier alpha value is -2.09.